The fourth-order valence-corrected chi connectivity index (χ4v) is 3.24. The lowest BCUT2D eigenvalue weighted by molar-refractivity contribution is 0.0683. The SMILES string of the molecule is CC1SCCN(C(=O)c2ccc(C(=O)O)cc2)C1C. The molecule has 1 aliphatic heterocycles. The summed E-state index contributed by atoms with van der Waals surface area (Å²) in [6.07, 6.45) is 0. The van der Waals surface area contributed by atoms with Crippen molar-refractivity contribution in [1.29, 1.82) is 0 Å². The standard InChI is InChI=1S/C14H17NO3S/c1-9-10(2)19-8-7-15(9)13(16)11-3-5-12(6-4-11)14(17)18/h3-6,9-10H,7-8H2,1-2H3,(H,17,18). The van der Waals surface area contributed by atoms with E-state index in [0.29, 0.717) is 10.8 Å². The number of hydrogen-bond donors (Lipinski definition) is 1. The topological polar surface area (TPSA) is 57.6 Å². The number of rotatable bonds is 2. The molecule has 1 saturated heterocycles. The maximum absolute atomic E-state index is 12.4. The molecule has 19 heavy (non-hydrogen) atoms. The number of thioether (sulfide) groups is 1. The van der Waals surface area contributed by atoms with E-state index in [1.54, 1.807) is 12.1 Å². The van der Waals surface area contributed by atoms with Crippen LogP contribution in [0.5, 0.6) is 0 Å². The lowest BCUT2D eigenvalue weighted by Crippen LogP contribution is -2.47. The lowest BCUT2D eigenvalue weighted by Gasteiger charge is -2.37. The van der Waals surface area contributed by atoms with Gasteiger partial charge in [0.05, 0.1) is 5.56 Å². The molecular formula is C14H17NO3S. The molecule has 2 unspecified atom stereocenters. The van der Waals surface area contributed by atoms with E-state index < -0.39 is 5.97 Å². The van der Waals surface area contributed by atoms with E-state index in [1.807, 2.05) is 16.7 Å². The van der Waals surface area contributed by atoms with Crippen LogP contribution in [0.4, 0.5) is 0 Å². The summed E-state index contributed by atoms with van der Waals surface area (Å²) in [6.45, 7) is 4.93. The largest absolute Gasteiger partial charge is 0.478 e. The van der Waals surface area contributed by atoms with E-state index in [1.165, 1.54) is 12.1 Å². The number of amides is 1. The van der Waals surface area contributed by atoms with Crippen LogP contribution in [0.1, 0.15) is 34.6 Å². The normalized spacial score (nSPS) is 23.2. The van der Waals surface area contributed by atoms with Gasteiger partial charge in [-0.25, -0.2) is 4.79 Å². The number of carboxylic acid groups (broad SMARTS) is 1. The van der Waals surface area contributed by atoms with Gasteiger partial charge in [-0.05, 0) is 31.2 Å². The Morgan fingerprint density at radius 1 is 1.21 bits per heavy atom. The summed E-state index contributed by atoms with van der Waals surface area (Å²) >= 11 is 1.88. The summed E-state index contributed by atoms with van der Waals surface area (Å²) in [7, 11) is 0. The van der Waals surface area contributed by atoms with Crippen LogP contribution in [0.25, 0.3) is 0 Å². The van der Waals surface area contributed by atoms with Gasteiger partial charge in [-0.3, -0.25) is 4.79 Å². The summed E-state index contributed by atoms with van der Waals surface area (Å²) in [6, 6.07) is 6.33. The van der Waals surface area contributed by atoms with Gasteiger partial charge >= 0.3 is 5.97 Å². The first-order valence-corrected chi connectivity index (χ1v) is 7.31. The summed E-state index contributed by atoms with van der Waals surface area (Å²) in [5.74, 6) is -0.0447. The molecule has 0 aliphatic carbocycles. The van der Waals surface area contributed by atoms with Gasteiger partial charge in [0, 0.05) is 29.2 Å². The second kappa shape index (κ2) is 5.65. The van der Waals surface area contributed by atoms with Crippen molar-refractivity contribution in [2.24, 2.45) is 0 Å². The molecule has 1 aromatic carbocycles. The van der Waals surface area contributed by atoms with Crippen molar-refractivity contribution in [3.8, 4) is 0 Å². The molecule has 0 aromatic heterocycles. The Kier molecular flexibility index (Phi) is 4.14. The maximum atomic E-state index is 12.4. The van der Waals surface area contributed by atoms with Crippen LogP contribution in [-0.2, 0) is 0 Å². The first-order valence-electron chi connectivity index (χ1n) is 6.26. The smallest absolute Gasteiger partial charge is 0.335 e. The van der Waals surface area contributed by atoms with Crippen LogP contribution in [0, 0.1) is 0 Å². The van der Waals surface area contributed by atoms with Crippen molar-refractivity contribution in [2.45, 2.75) is 25.1 Å². The highest BCUT2D eigenvalue weighted by Crippen LogP contribution is 2.25. The molecule has 1 aliphatic rings. The van der Waals surface area contributed by atoms with Gasteiger partial charge in [0.15, 0.2) is 0 Å². The monoisotopic (exact) mass is 279 g/mol. The number of carbonyl (C=O) groups excluding carboxylic acids is 1. The zero-order valence-electron chi connectivity index (χ0n) is 11.0. The third kappa shape index (κ3) is 2.92. The van der Waals surface area contributed by atoms with Crippen LogP contribution >= 0.6 is 11.8 Å². The highest BCUT2D eigenvalue weighted by molar-refractivity contribution is 8.00. The molecule has 0 radical (unpaired) electrons. The number of aromatic carboxylic acids is 1. The summed E-state index contributed by atoms with van der Waals surface area (Å²) in [5, 5.41) is 9.27. The van der Waals surface area contributed by atoms with Crippen molar-refractivity contribution in [3.05, 3.63) is 35.4 Å². The Bertz CT molecular complexity index is 486. The molecule has 4 nitrogen and oxygen atoms in total. The minimum Gasteiger partial charge on any atom is -0.478 e. The van der Waals surface area contributed by atoms with Crippen molar-refractivity contribution in [1.82, 2.24) is 4.90 Å². The Labute approximate surface area is 116 Å². The van der Waals surface area contributed by atoms with Crippen LogP contribution in [0.2, 0.25) is 0 Å². The second-order valence-electron chi connectivity index (χ2n) is 4.70. The van der Waals surface area contributed by atoms with Crippen molar-refractivity contribution in [2.75, 3.05) is 12.3 Å². The van der Waals surface area contributed by atoms with Crippen LogP contribution < -0.4 is 0 Å². The van der Waals surface area contributed by atoms with E-state index >= 15 is 0 Å². The molecule has 2 atom stereocenters. The fraction of sp³-hybridized carbons (Fsp3) is 0.429. The van der Waals surface area contributed by atoms with Gasteiger partial charge in [-0.2, -0.15) is 11.8 Å². The van der Waals surface area contributed by atoms with E-state index in [-0.39, 0.29) is 17.5 Å². The third-order valence-electron chi connectivity index (χ3n) is 3.52. The molecule has 0 bridgehead atoms. The van der Waals surface area contributed by atoms with E-state index in [0.717, 1.165) is 12.3 Å². The molecule has 1 aromatic rings. The third-order valence-corrected chi connectivity index (χ3v) is 4.86. The molecule has 1 heterocycles. The quantitative estimate of drug-likeness (QED) is 0.903. The van der Waals surface area contributed by atoms with Gasteiger partial charge < -0.3 is 10.0 Å². The van der Waals surface area contributed by atoms with Gasteiger partial charge in [-0.1, -0.05) is 6.92 Å². The number of carboxylic acids is 1. The Balaban J connectivity index is 2.17. The zero-order valence-corrected chi connectivity index (χ0v) is 11.8. The number of nitrogens with zero attached hydrogens (tertiary/aromatic N) is 1. The van der Waals surface area contributed by atoms with E-state index in [4.69, 9.17) is 5.11 Å². The van der Waals surface area contributed by atoms with Crippen molar-refractivity contribution in [3.63, 3.8) is 0 Å². The predicted octanol–water partition coefficient (Wildman–Crippen LogP) is 2.35. The van der Waals surface area contributed by atoms with Gasteiger partial charge in [-0.15, -0.1) is 0 Å². The Morgan fingerprint density at radius 2 is 1.79 bits per heavy atom. The minimum absolute atomic E-state index is 0.0170. The molecule has 1 amide bonds. The summed E-state index contributed by atoms with van der Waals surface area (Å²) in [4.78, 5) is 25.1. The zero-order chi connectivity index (χ0) is 14.0. The van der Waals surface area contributed by atoms with Crippen molar-refractivity contribution < 1.29 is 14.7 Å². The van der Waals surface area contributed by atoms with Crippen molar-refractivity contribution >= 4 is 23.6 Å². The predicted molar refractivity (Wildman–Crippen MR) is 75.8 cm³/mol. The van der Waals surface area contributed by atoms with Gasteiger partial charge in [0.25, 0.3) is 5.91 Å². The molecule has 5 heteroatoms. The minimum atomic E-state index is -0.977. The Morgan fingerprint density at radius 3 is 2.37 bits per heavy atom. The molecule has 0 saturated carbocycles. The highest BCUT2D eigenvalue weighted by Gasteiger charge is 2.29. The van der Waals surface area contributed by atoms with E-state index in [9.17, 15) is 9.59 Å². The number of hydrogen-bond acceptors (Lipinski definition) is 3. The van der Waals surface area contributed by atoms with Crippen LogP contribution in [0.3, 0.4) is 0 Å². The molecule has 1 N–H and O–H groups in total. The van der Waals surface area contributed by atoms with Gasteiger partial charge in [0.1, 0.15) is 0 Å². The summed E-state index contributed by atoms with van der Waals surface area (Å²) in [5.41, 5.74) is 0.753. The maximum Gasteiger partial charge on any atom is 0.335 e. The second-order valence-corrected chi connectivity index (χ2v) is 6.18. The van der Waals surface area contributed by atoms with Crippen LogP contribution in [-0.4, -0.2) is 45.5 Å². The fourth-order valence-electron chi connectivity index (χ4n) is 2.14. The lowest BCUT2D eigenvalue weighted by atomic mass is 10.1. The average molecular weight is 279 g/mol. The first-order chi connectivity index (χ1) is 9.00. The van der Waals surface area contributed by atoms with Gasteiger partial charge in [0.2, 0.25) is 0 Å². The average Bonchev–Trinajstić information content (AvgIpc) is 2.41. The van der Waals surface area contributed by atoms with Crippen LogP contribution in [0.15, 0.2) is 24.3 Å². The molecule has 1 fully saturated rings. The molecule has 2 rings (SSSR count). The summed E-state index contributed by atoms with van der Waals surface area (Å²) < 4.78 is 0. The van der Waals surface area contributed by atoms with E-state index in [2.05, 4.69) is 13.8 Å². The highest BCUT2D eigenvalue weighted by atomic mass is 32.2. The Hall–Kier alpha value is -1.49. The molecular weight excluding hydrogens is 262 g/mol. The molecule has 0 spiro atoms. The first kappa shape index (κ1) is 13.9. The number of benzene rings is 1. The molecule has 102 valence electrons. The number of carbonyl (C=O) groups is 2.